The van der Waals surface area contributed by atoms with Crippen molar-refractivity contribution in [3.63, 3.8) is 0 Å². The Labute approximate surface area is 120 Å². The number of aryl methyl sites for hydroxylation is 1. The van der Waals surface area contributed by atoms with E-state index in [0.29, 0.717) is 11.6 Å². The lowest BCUT2D eigenvalue weighted by Gasteiger charge is -2.10. The molecule has 0 aliphatic heterocycles. The van der Waals surface area contributed by atoms with Gasteiger partial charge in [0.2, 0.25) is 0 Å². The fourth-order valence-corrected chi connectivity index (χ4v) is 2.31. The monoisotopic (exact) mass is 268 g/mol. The third-order valence-corrected chi connectivity index (χ3v) is 3.37. The number of hydrogen-bond acceptors (Lipinski definition) is 3. The molecule has 1 heterocycles. The van der Waals surface area contributed by atoms with Gasteiger partial charge in [0.1, 0.15) is 0 Å². The average Bonchev–Trinajstić information content (AvgIpc) is 2.72. The predicted molar refractivity (Wildman–Crippen MR) is 80.6 cm³/mol. The summed E-state index contributed by atoms with van der Waals surface area (Å²) in [5.41, 5.74) is 5.12. The zero-order valence-corrected chi connectivity index (χ0v) is 12.4. The highest BCUT2D eigenvalue weighted by atomic mass is 15.3. The summed E-state index contributed by atoms with van der Waals surface area (Å²) in [6.07, 6.45) is 0. The van der Waals surface area contributed by atoms with Crippen molar-refractivity contribution in [3.8, 4) is 6.07 Å². The smallest absolute Gasteiger partial charge is 0.0991 e. The Morgan fingerprint density at radius 1 is 1.25 bits per heavy atom. The van der Waals surface area contributed by atoms with Crippen LogP contribution in [0.5, 0.6) is 0 Å². The standard InChI is InChI=1S/C16H20N4/c1-11(2)20-13(4)16(12(3)19-20)18-10-15-7-5-14(9-17)6-8-15/h5-8,11,18H,10H2,1-4H3. The molecule has 0 saturated carbocycles. The molecule has 0 atom stereocenters. The van der Waals surface area contributed by atoms with E-state index in [0.717, 1.165) is 29.2 Å². The van der Waals surface area contributed by atoms with Crippen molar-refractivity contribution in [1.82, 2.24) is 9.78 Å². The molecule has 0 fully saturated rings. The van der Waals surface area contributed by atoms with Gasteiger partial charge in [0.05, 0.1) is 28.7 Å². The van der Waals surface area contributed by atoms with E-state index in [1.54, 1.807) is 0 Å². The van der Waals surface area contributed by atoms with Crippen LogP contribution in [0.15, 0.2) is 24.3 Å². The predicted octanol–water partition coefficient (Wildman–Crippen LogP) is 3.56. The largest absolute Gasteiger partial charge is 0.378 e. The van der Waals surface area contributed by atoms with Crippen LogP contribution in [-0.2, 0) is 6.54 Å². The Morgan fingerprint density at radius 2 is 1.90 bits per heavy atom. The van der Waals surface area contributed by atoms with Crippen LogP contribution in [0, 0.1) is 25.2 Å². The number of nitrogens with one attached hydrogen (secondary N) is 1. The molecule has 1 N–H and O–H groups in total. The molecule has 0 bridgehead atoms. The molecule has 0 unspecified atom stereocenters. The molecule has 0 radical (unpaired) electrons. The van der Waals surface area contributed by atoms with E-state index in [1.165, 1.54) is 0 Å². The quantitative estimate of drug-likeness (QED) is 0.922. The second-order valence-corrected chi connectivity index (χ2v) is 5.25. The van der Waals surface area contributed by atoms with Crippen LogP contribution in [0.4, 0.5) is 5.69 Å². The zero-order valence-electron chi connectivity index (χ0n) is 12.4. The summed E-state index contributed by atoms with van der Waals surface area (Å²) in [5.74, 6) is 0. The van der Waals surface area contributed by atoms with E-state index in [4.69, 9.17) is 5.26 Å². The van der Waals surface area contributed by atoms with Crippen molar-refractivity contribution in [3.05, 3.63) is 46.8 Å². The van der Waals surface area contributed by atoms with Gasteiger partial charge in [-0.2, -0.15) is 10.4 Å². The Bertz CT molecular complexity index is 630. The molecule has 0 amide bonds. The van der Waals surface area contributed by atoms with Crippen molar-refractivity contribution in [2.45, 2.75) is 40.3 Å². The van der Waals surface area contributed by atoms with Gasteiger partial charge in [0, 0.05) is 12.6 Å². The van der Waals surface area contributed by atoms with E-state index >= 15 is 0 Å². The maximum atomic E-state index is 8.79. The van der Waals surface area contributed by atoms with E-state index in [1.807, 2.05) is 35.9 Å². The number of anilines is 1. The molecule has 0 spiro atoms. The van der Waals surface area contributed by atoms with E-state index in [9.17, 15) is 0 Å². The van der Waals surface area contributed by atoms with Crippen molar-refractivity contribution >= 4 is 5.69 Å². The molecule has 20 heavy (non-hydrogen) atoms. The molecule has 0 aliphatic carbocycles. The first-order valence-corrected chi connectivity index (χ1v) is 6.81. The Kier molecular flexibility index (Phi) is 4.09. The van der Waals surface area contributed by atoms with Gasteiger partial charge >= 0.3 is 0 Å². The minimum absolute atomic E-state index is 0.360. The lowest BCUT2D eigenvalue weighted by atomic mass is 10.1. The Balaban J connectivity index is 2.12. The summed E-state index contributed by atoms with van der Waals surface area (Å²) in [5, 5.41) is 16.8. The van der Waals surface area contributed by atoms with Gasteiger partial charge in [-0.3, -0.25) is 4.68 Å². The number of aromatic nitrogens is 2. The first kappa shape index (κ1) is 14.1. The van der Waals surface area contributed by atoms with Crippen molar-refractivity contribution in [2.75, 3.05) is 5.32 Å². The van der Waals surface area contributed by atoms with E-state index < -0.39 is 0 Å². The molecular weight excluding hydrogens is 248 g/mol. The zero-order chi connectivity index (χ0) is 14.7. The van der Waals surface area contributed by atoms with Crippen molar-refractivity contribution < 1.29 is 0 Å². The maximum absolute atomic E-state index is 8.79. The molecule has 2 aromatic rings. The second kappa shape index (κ2) is 5.79. The van der Waals surface area contributed by atoms with Crippen molar-refractivity contribution in [1.29, 1.82) is 5.26 Å². The van der Waals surface area contributed by atoms with Crippen LogP contribution in [0.2, 0.25) is 0 Å². The fourth-order valence-electron chi connectivity index (χ4n) is 2.31. The molecule has 4 heteroatoms. The van der Waals surface area contributed by atoms with Gasteiger partial charge in [0.25, 0.3) is 0 Å². The first-order chi connectivity index (χ1) is 9.52. The van der Waals surface area contributed by atoms with E-state index in [2.05, 4.69) is 37.3 Å². The van der Waals surface area contributed by atoms with Crippen LogP contribution in [-0.4, -0.2) is 9.78 Å². The highest BCUT2D eigenvalue weighted by Gasteiger charge is 2.12. The number of rotatable bonds is 4. The lowest BCUT2D eigenvalue weighted by Crippen LogP contribution is -2.06. The molecule has 0 saturated heterocycles. The molecule has 4 nitrogen and oxygen atoms in total. The average molecular weight is 268 g/mol. The first-order valence-electron chi connectivity index (χ1n) is 6.81. The number of benzene rings is 1. The summed E-state index contributed by atoms with van der Waals surface area (Å²) in [4.78, 5) is 0. The topological polar surface area (TPSA) is 53.6 Å². The van der Waals surface area contributed by atoms with Crippen LogP contribution in [0.3, 0.4) is 0 Å². The number of nitrogens with zero attached hydrogens (tertiary/aromatic N) is 3. The second-order valence-electron chi connectivity index (χ2n) is 5.25. The molecule has 104 valence electrons. The summed E-state index contributed by atoms with van der Waals surface area (Å²) in [6.45, 7) is 9.10. The van der Waals surface area contributed by atoms with Crippen LogP contribution in [0.1, 0.15) is 42.4 Å². The molecule has 2 rings (SSSR count). The third kappa shape index (κ3) is 2.83. The van der Waals surface area contributed by atoms with E-state index in [-0.39, 0.29) is 0 Å². The van der Waals surface area contributed by atoms with Crippen LogP contribution < -0.4 is 5.32 Å². The molecule has 0 aliphatic rings. The summed E-state index contributed by atoms with van der Waals surface area (Å²) in [7, 11) is 0. The van der Waals surface area contributed by atoms with Gasteiger partial charge < -0.3 is 5.32 Å². The minimum Gasteiger partial charge on any atom is -0.378 e. The fraction of sp³-hybridized carbons (Fsp3) is 0.375. The molecule has 1 aromatic carbocycles. The summed E-state index contributed by atoms with van der Waals surface area (Å²) >= 11 is 0. The Morgan fingerprint density at radius 3 is 2.40 bits per heavy atom. The van der Waals surface area contributed by atoms with Gasteiger partial charge in [-0.15, -0.1) is 0 Å². The highest BCUT2D eigenvalue weighted by molar-refractivity contribution is 5.52. The molecular formula is C16H20N4. The lowest BCUT2D eigenvalue weighted by molar-refractivity contribution is 0.516. The van der Waals surface area contributed by atoms with Crippen molar-refractivity contribution in [2.24, 2.45) is 0 Å². The van der Waals surface area contributed by atoms with Gasteiger partial charge in [-0.25, -0.2) is 0 Å². The number of hydrogen-bond donors (Lipinski definition) is 1. The summed E-state index contributed by atoms with van der Waals surface area (Å²) < 4.78 is 2.04. The Hall–Kier alpha value is -2.28. The molecule has 1 aromatic heterocycles. The van der Waals surface area contributed by atoms with Crippen LogP contribution in [0.25, 0.3) is 0 Å². The SMILES string of the molecule is Cc1nn(C(C)C)c(C)c1NCc1ccc(C#N)cc1. The van der Waals surface area contributed by atoms with Gasteiger partial charge in [-0.05, 0) is 45.4 Å². The highest BCUT2D eigenvalue weighted by Crippen LogP contribution is 2.23. The van der Waals surface area contributed by atoms with Gasteiger partial charge in [-0.1, -0.05) is 12.1 Å². The van der Waals surface area contributed by atoms with Crippen LogP contribution >= 0.6 is 0 Å². The normalized spacial score (nSPS) is 10.6. The third-order valence-electron chi connectivity index (χ3n) is 3.37. The minimum atomic E-state index is 0.360. The maximum Gasteiger partial charge on any atom is 0.0991 e. The number of nitriles is 1. The van der Waals surface area contributed by atoms with Gasteiger partial charge in [0.15, 0.2) is 0 Å². The summed E-state index contributed by atoms with van der Waals surface area (Å²) in [6, 6.07) is 10.1.